The van der Waals surface area contributed by atoms with E-state index in [0.717, 1.165) is 18.4 Å². The second kappa shape index (κ2) is 9.62. The number of aliphatic hydroxyl groups excluding tert-OH is 1. The number of hydrogen-bond acceptors (Lipinski definition) is 7. The molecule has 1 aromatic rings. The van der Waals surface area contributed by atoms with Gasteiger partial charge in [0.05, 0.1) is 11.0 Å². The molecule has 0 aromatic heterocycles. The Bertz CT molecular complexity index is 1180. The molecular weight excluding hydrogens is 492 g/mol. The molecule has 1 N–H and O–H groups in total. The van der Waals surface area contributed by atoms with Crippen LogP contribution in [0.2, 0.25) is 0 Å². The number of benzene rings is 1. The topological polar surface area (TPSA) is 107 Å². The Labute approximate surface area is 220 Å². The van der Waals surface area contributed by atoms with Crippen molar-refractivity contribution in [3.8, 4) is 0 Å². The number of Topliss-reactive ketones (excluding diaryl/α,β-unsaturated/α-hetero) is 1. The van der Waals surface area contributed by atoms with Crippen LogP contribution in [0.4, 0.5) is 0 Å². The number of fused-ring (bicyclic) bond motifs is 2. The van der Waals surface area contributed by atoms with Crippen LogP contribution in [0.3, 0.4) is 0 Å². The van der Waals surface area contributed by atoms with E-state index in [1.165, 1.54) is 12.1 Å². The highest BCUT2D eigenvalue weighted by Gasteiger charge is 2.73. The highest BCUT2D eigenvalue weighted by atomic mass is 32.2. The van der Waals surface area contributed by atoms with E-state index in [-0.39, 0.29) is 28.4 Å². The summed E-state index contributed by atoms with van der Waals surface area (Å²) in [6.45, 7) is 13.2. The van der Waals surface area contributed by atoms with E-state index in [0.29, 0.717) is 19.3 Å². The van der Waals surface area contributed by atoms with E-state index in [9.17, 15) is 23.1 Å². The number of carbonyl (C=O) groups is 2. The van der Waals surface area contributed by atoms with Crippen LogP contribution in [0.1, 0.15) is 65.4 Å². The molecule has 3 aliphatic carbocycles. The van der Waals surface area contributed by atoms with Crippen molar-refractivity contribution in [3.05, 3.63) is 42.5 Å². The fourth-order valence-corrected chi connectivity index (χ4v) is 8.22. The van der Waals surface area contributed by atoms with Crippen LogP contribution in [-0.2, 0) is 28.6 Å². The Hall–Kier alpha value is -2.03. The molecule has 0 bridgehead atoms. The zero-order chi connectivity index (χ0) is 27.4. The first kappa shape index (κ1) is 28.0. The maximum Gasteiger partial charge on any atom is 0.333 e. The van der Waals surface area contributed by atoms with Gasteiger partial charge in [-0.2, -0.15) is 8.42 Å². The van der Waals surface area contributed by atoms with E-state index in [4.69, 9.17) is 8.92 Å². The minimum Gasteiger partial charge on any atom is -0.460 e. The molecule has 0 radical (unpaired) electrons. The van der Waals surface area contributed by atoms with Gasteiger partial charge in [-0.25, -0.2) is 4.79 Å². The maximum absolute atomic E-state index is 13.4. The Balaban J connectivity index is 1.64. The van der Waals surface area contributed by atoms with Crippen LogP contribution in [0, 0.1) is 40.9 Å². The van der Waals surface area contributed by atoms with Crippen LogP contribution in [-0.4, -0.2) is 44.1 Å². The molecule has 3 fully saturated rings. The molecule has 1 aromatic carbocycles. The molecule has 8 atom stereocenters. The fraction of sp³-hybridized carbons (Fsp3) is 0.655. The second-order valence-electron chi connectivity index (χ2n) is 12.0. The highest BCUT2D eigenvalue weighted by Crippen LogP contribution is 2.72. The molecule has 0 heterocycles. The molecule has 4 rings (SSSR count). The van der Waals surface area contributed by atoms with Crippen LogP contribution < -0.4 is 0 Å². The average Bonchev–Trinajstić information content (AvgIpc) is 3.51. The molecule has 0 amide bonds. The smallest absolute Gasteiger partial charge is 0.333 e. The molecule has 8 heteroatoms. The monoisotopic (exact) mass is 532 g/mol. The number of ether oxygens (including phenoxy) is 1. The third kappa shape index (κ3) is 4.59. The van der Waals surface area contributed by atoms with Crippen molar-refractivity contribution >= 4 is 21.9 Å². The summed E-state index contributed by atoms with van der Waals surface area (Å²) < 4.78 is 36.3. The molecule has 0 saturated heterocycles. The molecule has 0 aliphatic heterocycles. The highest BCUT2D eigenvalue weighted by molar-refractivity contribution is 7.86. The summed E-state index contributed by atoms with van der Waals surface area (Å²) in [5.74, 6) is -0.923. The first-order chi connectivity index (χ1) is 17.2. The van der Waals surface area contributed by atoms with Crippen LogP contribution in [0.25, 0.3) is 0 Å². The van der Waals surface area contributed by atoms with E-state index in [2.05, 4.69) is 20.4 Å². The minimum atomic E-state index is -4.14. The lowest BCUT2D eigenvalue weighted by Crippen LogP contribution is -2.55. The summed E-state index contributed by atoms with van der Waals surface area (Å²) in [6.07, 6.45) is 3.30. The number of ketones is 1. The average molecular weight is 533 g/mol. The molecule has 1 spiro atoms. The summed E-state index contributed by atoms with van der Waals surface area (Å²) in [6, 6.07) is 6.17. The van der Waals surface area contributed by atoms with Gasteiger partial charge in [-0.3, -0.25) is 8.98 Å². The first-order valence-corrected chi connectivity index (χ1v) is 14.7. The molecular formula is C29H40O7S. The standard InChI is InChI=1S/C29H40O7S/c1-7-20-15-29(20)23(36-24(31)17-35-37(33,34)21-11-9-18(3)10-12-21)16-27(5,8-2)26(32)19(4)28(6)14-13-22(30)25(28)29/h8-12,19-20,23,25-26,32H,2,7,13-17H2,1,3-6H3/t19-,20?,23+,25+,26-,27+,28-,29-/m0/s1. The molecule has 3 saturated carbocycles. The minimum absolute atomic E-state index is 0.0368. The van der Waals surface area contributed by atoms with Gasteiger partial charge in [-0.05, 0) is 55.6 Å². The van der Waals surface area contributed by atoms with Crippen molar-refractivity contribution < 1.29 is 32.0 Å². The summed E-state index contributed by atoms with van der Waals surface area (Å²) in [5, 5.41) is 11.5. The number of esters is 1. The molecule has 37 heavy (non-hydrogen) atoms. The van der Waals surface area contributed by atoms with Gasteiger partial charge in [-0.15, -0.1) is 6.58 Å². The number of rotatable bonds is 7. The van der Waals surface area contributed by atoms with Crippen molar-refractivity contribution in [2.24, 2.45) is 34.0 Å². The van der Waals surface area contributed by atoms with Gasteiger partial charge in [0.2, 0.25) is 0 Å². The van der Waals surface area contributed by atoms with Crippen molar-refractivity contribution in [1.82, 2.24) is 0 Å². The lowest BCUT2D eigenvalue weighted by molar-refractivity contribution is -0.174. The van der Waals surface area contributed by atoms with Crippen molar-refractivity contribution in [3.63, 3.8) is 0 Å². The van der Waals surface area contributed by atoms with Crippen molar-refractivity contribution in [1.29, 1.82) is 0 Å². The first-order valence-electron chi connectivity index (χ1n) is 13.2. The lowest BCUT2D eigenvalue weighted by atomic mass is 9.54. The van der Waals surface area contributed by atoms with Crippen LogP contribution >= 0.6 is 0 Å². The predicted molar refractivity (Wildman–Crippen MR) is 139 cm³/mol. The van der Waals surface area contributed by atoms with E-state index >= 15 is 0 Å². The van der Waals surface area contributed by atoms with Crippen molar-refractivity contribution in [2.45, 2.75) is 83.8 Å². The van der Waals surface area contributed by atoms with E-state index < -0.39 is 51.1 Å². The Morgan fingerprint density at radius 2 is 1.86 bits per heavy atom. The van der Waals surface area contributed by atoms with Crippen molar-refractivity contribution in [2.75, 3.05) is 6.61 Å². The Kier molecular flexibility index (Phi) is 7.27. The van der Waals surface area contributed by atoms with Gasteiger partial charge in [-0.1, -0.05) is 57.9 Å². The third-order valence-electron chi connectivity index (χ3n) is 9.92. The fourth-order valence-electron chi connectivity index (χ4n) is 7.37. The van der Waals surface area contributed by atoms with Crippen LogP contribution in [0.5, 0.6) is 0 Å². The van der Waals surface area contributed by atoms with Gasteiger partial charge in [0.25, 0.3) is 10.1 Å². The lowest BCUT2D eigenvalue weighted by Gasteiger charge is -2.52. The summed E-state index contributed by atoms with van der Waals surface area (Å²) in [5.41, 5.74) is -0.840. The van der Waals surface area contributed by atoms with Gasteiger partial charge in [0, 0.05) is 23.2 Å². The van der Waals surface area contributed by atoms with Gasteiger partial charge in [0.15, 0.2) is 6.61 Å². The van der Waals surface area contributed by atoms with E-state index in [1.807, 2.05) is 20.8 Å². The zero-order valence-corrected chi connectivity index (χ0v) is 23.3. The number of hydrogen-bond donors (Lipinski definition) is 1. The second-order valence-corrected chi connectivity index (χ2v) is 13.6. The summed E-state index contributed by atoms with van der Waals surface area (Å²) in [7, 11) is -4.14. The quantitative estimate of drug-likeness (QED) is 0.311. The SMILES string of the molecule is C=C[C@]1(C)C[C@@H](OC(=O)COS(=O)(=O)c2ccc(C)cc2)[C@@]2(CC2CC)[C@@H]2C(=O)CC[C@@]2(C)[C@@H](C)[C@@H]1O. The maximum atomic E-state index is 13.4. The normalized spacial score (nSPS) is 39.5. The Morgan fingerprint density at radius 1 is 1.22 bits per heavy atom. The van der Waals surface area contributed by atoms with E-state index in [1.54, 1.807) is 18.2 Å². The van der Waals surface area contributed by atoms with Crippen LogP contribution in [0.15, 0.2) is 41.8 Å². The summed E-state index contributed by atoms with van der Waals surface area (Å²) in [4.78, 5) is 26.4. The molecule has 7 nitrogen and oxygen atoms in total. The largest absolute Gasteiger partial charge is 0.460 e. The molecule has 204 valence electrons. The van der Waals surface area contributed by atoms with Gasteiger partial charge >= 0.3 is 5.97 Å². The van der Waals surface area contributed by atoms with Gasteiger partial charge < -0.3 is 9.84 Å². The third-order valence-corrected chi connectivity index (χ3v) is 11.2. The number of carbonyl (C=O) groups excluding carboxylic acids is 2. The zero-order valence-electron chi connectivity index (χ0n) is 22.5. The molecule has 1 unspecified atom stereocenters. The predicted octanol–water partition coefficient (Wildman–Crippen LogP) is 4.61. The number of aliphatic hydroxyl groups is 1. The Morgan fingerprint density at radius 3 is 2.43 bits per heavy atom. The summed E-state index contributed by atoms with van der Waals surface area (Å²) >= 11 is 0. The molecule has 3 aliphatic rings. The van der Waals surface area contributed by atoms with Gasteiger partial charge in [0.1, 0.15) is 11.9 Å². The number of aryl methyl sites for hydroxylation is 1.